The second kappa shape index (κ2) is 5.18. The van der Waals surface area contributed by atoms with Gasteiger partial charge in [-0.05, 0) is 13.3 Å². The summed E-state index contributed by atoms with van der Waals surface area (Å²) in [5.74, 6) is -0.262. The van der Waals surface area contributed by atoms with Gasteiger partial charge in [0.15, 0.2) is 0 Å². The van der Waals surface area contributed by atoms with Crippen molar-refractivity contribution in [2.24, 2.45) is 7.05 Å². The minimum atomic E-state index is -0.952. The lowest BCUT2D eigenvalue weighted by Gasteiger charge is -2.02. The van der Waals surface area contributed by atoms with E-state index in [0.29, 0.717) is 22.9 Å². The van der Waals surface area contributed by atoms with Gasteiger partial charge in [0.1, 0.15) is 10.6 Å². The van der Waals surface area contributed by atoms with E-state index in [-0.39, 0.29) is 12.2 Å². The summed E-state index contributed by atoms with van der Waals surface area (Å²) in [6, 6.07) is 0. The van der Waals surface area contributed by atoms with E-state index in [1.54, 1.807) is 18.7 Å². The average Bonchev–Trinajstić information content (AvgIpc) is 2.42. The van der Waals surface area contributed by atoms with Crippen LogP contribution in [0.3, 0.4) is 0 Å². The van der Waals surface area contributed by atoms with E-state index >= 15 is 0 Å². The Morgan fingerprint density at radius 3 is 2.80 bits per heavy atom. The summed E-state index contributed by atoms with van der Waals surface area (Å²) in [4.78, 5) is 11.0. The molecular weight excluding hydrogens is 216 g/mol. The average molecular weight is 230 g/mol. The van der Waals surface area contributed by atoms with Crippen LogP contribution in [-0.2, 0) is 7.05 Å². The van der Waals surface area contributed by atoms with Crippen molar-refractivity contribution in [3.63, 3.8) is 0 Å². The highest BCUT2D eigenvalue weighted by atomic mass is 32.2. The molecule has 1 aromatic heterocycles. The van der Waals surface area contributed by atoms with Crippen LogP contribution in [0.5, 0.6) is 0 Å². The van der Waals surface area contributed by atoms with E-state index in [1.807, 2.05) is 0 Å². The van der Waals surface area contributed by atoms with E-state index < -0.39 is 5.97 Å². The van der Waals surface area contributed by atoms with Crippen molar-refractivity contribution in [3.05, 3.63) is 11.3 Å². The zero-order chi connectivity index (χ0) is 11.4. The highest BCUT2D eigenvalue weighted by Crippen LogP contribution is 2.25. The second-order valence-electron chi connectivity index (χ2n) is 3.12. The van der Waals surface area contributed by atoms with Crippen LogP contribution >= 0.6 is 11.8 Å². The van der Waals surface area contributed by atoms with Crippen LogP contribution in [0.4, 0.5) is 0 Å². The predicted octanol–water partition coefficient (Wildman–Crippen LogP) is 0.901. The first-order valence-electron chi connectivity index (χ1n) is 4.58. The third-order valence-corrected chi connectivity index (χ3v) is 3.16. The summed E-state index contributed by atoms with van der Waals surface area (Å²) >= 11 is 1.41. The first-order valence-corrected chi connectivity index (χ1v) is 5.57. The summed E-state index contributed by atoms with van der Waals surface area (Å²) in [6.07, 6.45) is 0.647. The molecule has 0 bridgehead atoms. The van der Waals surface area contributed by atoms with Gasteiger partial charge in [0.2, 0.25) is 0 Å². The van der Waals surface area contributed by atoms with Crippen LogP contribution in [0, 0.1) is 6.92 Å². The van der Waals surface area contributed by atoms with Gasteiger partial charge in [-0.25, -0.2) is 4.79 Å². The fourth-order valence-electron chi connectivity index (χ4n) is 1.28. The maximum Gasteiger partial charge on any atom is 0.340 e. The third-order valence-electron chi connectivity index (χ3n) is 1.92. The number of aryl methyl sites for hydroxylation is 2. The van der Waals surface area contributed by atoms with E-state index in [4.69, 9.17) is 10.2 Å². The fourth-order valence-corrected chi connectivity index (χ4v) is 2.36. The third kappa shape index (κ3) is 2.73. The number of rotatable bonds is 5. The molecule has 1 rings (SSSR count). The van der Waals surface area contributed by atoms with Crippen LogP contribution < -0.4 is 0 Å². The molecule has 0 aliphatic carbocycles. The van der Waals surface area contributed by atoms with Crippen molar-refractivity contribution in [3.8, 4) is 0 Å². The van der Waals surface area contributed by atoms with Gasteiger partial charge in [-0.15, -0.1) is 11.8 Å². The van der Waals surface area contributed by atoms with Gasteiger partial charge in [-0.1, -0.05) is 0 Å². The molecule has 0 radical (unpaired) electrons. The number of aromatic nitrogens is 2. The van der Waals surface area contributed by atoms with E-state index in [0.717, 1.165) is 0 Å². The summed E-state index contributed by atoms with van der Waals surface area (Å²) < 4.78 is 1.57. The number of hydrogen-bond donors (Lipinski definition) is 2. The number of carboxylic acids is 1. The number of nitrogens with zero attached hydrogens (tertiary/aromatic N) is 2. The summed E-state index contributed by atoms with van der Waals surface area (Å²) in [6.45, 7) is 1.80. The van der Waals surface area contributed by atoms with Gasteiger partial charge in [0.25, 0.3) is 0 Å². The first-order chi connectivity index (χ1) is 7.07. The quantitative estimate of drug-likeness (QED) is 0.580. The molecule has 0 spiro atoms. The van der Waals surface area contributed by atoms with Crippen molar-refractivity contribution < 1.29 is 15.0 Å². The molecule has 0 aliphatic heterocycles. The molecule has 5 nitrogen and oxygen atoms in total. The number of carboxylic acid groups (broad SMARTS) is 1. The topological polar surface area (TPSA) is 75.3 Å². The smallest absolute Gasteiger partial charge is 0.340 e. The number of aliphatic hydroxyl groups is 1. The number of hydrogen-bond acceptors (Lipinski definition) is 4. The van der Waals surface area contributed by atoms with Crippen LogP contribution in [0.2, 0.25) is 0 Å². The van der Waals surface area contributed by atoms with Gasteiger partial charge in [0, 0.05) is 19.4 Å². The van der Waals surface area contributed by atoms with Crippen molar-refractivity contribution in [1.29, 1.82) is 0 Å². The zero-order valence-electron chi connectivity index (χ0n) is 8.73. The molecule has 84 valence electrons. The SMILES string of the molecule is Cc1nn(C)c(SCCCO)c1C(=O)O. The van der Waals surface area contributed by atoms with Gasteiger partial charge in [0.05, 0.1) is 5.69 Å². The number of aromatic carboxylic acids is 1. The molecule has 1 heterocycles. The Balaban J connectivity index is 2.89. The number of thioether (sulfide) groups is 1. The molecule has 0 aromatic carbocycles. The Hall–Kier alpha value is -1.01. The lowest BCUT2D eigenvalue weighted by Crippen LogP contribution is -2.01. The van der Waals surface area contributed by atoms with E-state index in [9.17, 15) is 4.79 Å². The molecule has 2 N–H and O–H groups in total. The molecular formula is C9H14N2O3S. The van der Waals surface area contributed by atoms with E-state index in [1.165, 1.54) is 11.8 Å². The van der Waals surface area contributed by atoms with Crippen molar-refractivity contribution in [1.82, 2.24) is 9.78 Å². The van der Waals surface area contributed by atoms with Crippen LogP contribution in [-0.4, -0.2) is 38.3 Å². The van der Waals surface area contributed by atoms with Crippen LogP contribution in [0.15, 0.2) is 5.03 Å². The zero-order valence-corrected chi connectivity index (χ0v) is 9.54. The predicted molar refractivity (Wildman–Crippen MR) is 57.3 cm³/mol. The van der Waals surface area contributed by atoms with Gasteiger partial charge in [-0.3, -0.25) is 4.68 Å². The summed E-state index contributed by atoms with van der Waals surface area (Å²) in [7, 11) is 1.72. The summed E-state index contributed by atoms with van der Waals surface area (Å²) in [5, 5.41) is 22.4. The normalized spacial score (nSPS) is 10.6. The van der Waals surface area contributed by atoms with Gasteiger partial charge >= 0.3 is 5.97 Å². The van der Waals surface area contributed by atoms with Crippen molar-refractivity contribution in [2.45, 2.75) is 18.4 Å². The van der Waals surface area contributed by atoms with Crippen LogP contribution in [0.25, 0.3) is 0 Å². The molecule has 0 unspecified atom stereocenters. The number of carbonyl (C=O) groups is 1. The summed E-state index contributed by atoms with van der Waals surface area (Å²) in [5.41, 5.74) is 0.789. The molecule has 0 amide bonds. The highest BCUT2D eigenvalue weighted by molar-refractivity contribution is 7.99. The standard InChI is InChI=1S/C9H14N2O3S/c1-6-7(9(13)14)8(11(2)10-6)15-5-3-4-12/h12H,3-5H2,1-2H3,(H,13,14). The molecule has 15 heavy (non-hydrogen) atoms. The Morgan fingerprint density at radius 2 is 2.27 bits per heavy atom. The monoisotopic (exact) mass is 230 g/mol. The highest BCUT2D eigenvalue weighted by Gasteiger charge is 2.19. The Labute approximate surface area is 92.1 Å². The number of aliphatic hydroxyl groups excluding tert-OH is 1. The first kappa shape index (κ1) is 12.1. The lowest BCUT2D eigenvalue weighted by atomic mass is 10.3. The van der Waals surface area contributed by atoms with Crippen LogP contribution in [0.1, 0.15) is 22.5 Å². The Kier molecular flexibility index (Phi) is 4.16. The van der Waals surface area contributed by atoms with Gasteiger partial charge < -0.3 is 10.2 Å². The minimum absolute atomic E-state index is 0.117. The van der Waals surface area contributed by atoms with Crippen molar-refractivity contribution >= 4 is 17.7 Å². The maximum absolute atomic E-state index is 11.0. The van der Waals surface area contributed by atoms with E-state index in [2.05, 4.69) is 5.10 Å². The van der Waals surface area contributed by atoms with Crippen molar-refractivity contribution in [2.75, 3.05) is 12.4 Å². The largest absolute Gasteiger partial charge is 0.478 e. The molecule has 0 saturated heterocycles. The van der Waals surface area contributed by atoms with Gasteiger partial charge in [-0.2, -0.15) is 5.10 Å². The second-order valence-corrected chi connectivity index (χ2v) is 4.20. The Bertz CT molecular complexity index is 362. The molecule has 0 saturated carbocycles. The molecule has 0 atom stereocenters. The minimum Gasteiger partial charge on any atom is -0.478 e. The molecule has 1 aromatic rings. The maximum atomic E-state index is 11.0. The Morgan fingerprint density at radius 1 is 1.60 bits per heavy atom. The fraction of sp³-hybridized carbons (Fsp3) is 0.556. The lowest BCUT2D eigenvalue weighted by molar-refractivity contribution is 0.0692. The molecule has 0 aliphatic rings. The molecule has 6 heteroatoms. The molecule has 0 fully saturated rings.